The molecule has 3 heterocycles. The van der Waals surface area contributed by atoms with Crippen LogP contribution < -0.4 is 10.6 Å². The van der Waals surface area contributed by atoms with E-state index in [0.717, 1.165) is 64.5 Å². The molecule has 152 valence electrons. The second-order valence-electron chi connectivity index (χ2n) is 7.10. The molecule has 27 heavy (non-hydrogen) atoms. The van der Waals surface area contributed by atoms with E-state index in [9.17, 15) is 4.79 Å². The molecule has 1 saturated heterocycles. The summed E-state index contributed by atoms with van der Waals surface area (Å²) in [5.74, 6) is 0.869. The molecule has 0 radical (unpaired) electrons. The van der Waals surface area contributed by atoms with Crippen molar-refractivity contribution in [3.05, 3.63) is 21.9 Å². The lowest BCUT2D eigenvalue weighted by molar-refractivity contribution is -0.128. The van der Waals surface area contributed by atoms with Crippen molar-refractivity contribution < 1.29 is 4.79 Å². The van der Waals surface area contributed by atoms with Crippen LogP contribution in [-0.4, -0.2) is 67.0 Å². The minimum atomic E-state index is 0. The number of nitrogens with zero attached hydrogens (tertiary/aromatic N) is 3. The fourth-order valence-corrected chi connectivity index (χ4v) is 4.46. The first-order valence-electron chi connectivity index (χ1n) is 9.76. The van der Waals surface area contributed by atoms with Gasteiger partial charge in [-0.1, -0.05) is 0 Å². The Bertz CT molecular complexity index is 629. The van der Waals surface area contributed by atoms with Crippen LogP contribution in [-0.2, 0) is 17.8 Å². The molecule has 3 rings (SSSR count). The van der Waals surface area contributed by atoms with Gasteiger partial charge in [0.15, 0.2) is 5.96 Å². The van der Waals surface area contributed by atoms with Crippen LogP contribution in [0.1, 0.15) is 37.1 Å². The van der Waals surface area contributed by atoms with Crippen molar-refractivity contribution >= 4 is 47.2 Å². The fourth-order valence-electron chi connectivity index (χ4n) is 3.57. The van der Waals surface area contributed by atoms with Crippen molar-refractivity contribution in [1.82, 2.24) is 20.4 Å². The number of hydrogen-bond donors (Lipinski definition) is 2. The fraction of sp³-hybridized carbons (Fsp3) is 0.684. The maximum absolute atomic E-state index is 12.2. The van der Waals surface area contributed by atoms with Crippen molar-refractivity contribution in [2.24, 2.45) is 4.99 Å². The van der Waals surface area contributed by atoms with Crippen LogP contribution in [0, 0.1) is 0 Å². The lowest BCUT2D eigenvalue weighted by Gasteiger charge is -2.32. The Morgan fingerprint density at radius 3 is 2.81 bits per heavy atom. The first-order chi connectivity index (χ1) is 12.7. The second-order valence-corrected chi connectivity index (χ2v) is 8.10. The van der Waals surface area contributed by atoms with E-state index in [-0.39, 0.29) is 36.4 Å². The predicted molar refractivity (Wildman–Crippen MR) is 123 cm³/mol. The highest BCUT2D eigenvalue weighted by Crippen LogP contribution is 2.24. The van der Waals surface area contributed by atoms with Gasteiger partial charge in [0.2, 0.25) is 5.91 Å². The van der Waals surface area contributed by atoms with Gasteiger partial charge in [0.1, 0.15) is 6.54 Å². The number of aliphatic imine (C=N–C) groups is 1. The van der Waals surface area contributed by atoms with Gasteiger partial charge in [-0.2, -0.15) is 0 Å². The highest BCUT2D eigenvalue weighted by molar-refractivity contribution is 14.0. The molecule has 1 unspecified atom stereocenters. The number of rotatable bonds is 6. The molecule has 0 aliphatic carbocycles. The quantitative estimate of drug-likeness (QED) is 0.354. The molecule has 0 spiro atoms. The molecule has 0 saturated carbocycles. The Kier molecular flexibility index (Phi) is 9.31. The Morgan fingerprint density at radius 2 is 2.07 bits per heavy atom. The summed E-state index contributed by atoms with van der Waals surface area (Å²) in [6.07, 6.45) is 3.38. The van der Waals surface area contributed by atoms with Crippen LogP contribution in [0.25, 0.3) is 0 Å². The van der Waals surface area contributed by atoms with Crippen molar-refractivity contribution in [3.8, 4) is 0 Å². The number of carbonyl (C=O) groups excluding carboxylic acids is 1. The third-order valence-corrected chi connectivity index (χ3v) is 6.22. The van der Waals surface area contributed by atoms with Crippen molar-refractivity contribution in [2.75, 3.05) is 39.3 Å². The van der Waals surface area contributed by atoms with Crippen molar-refractivity contribution in [1.29, 1.82) is 0 Å². The normalized spacial score (nSPS) is 18.6. The monoisotopic (exact) mass is 505 g/mol. The number of halogens is 1. The maximum Gasteiger partial charge on any atom is 0.244 e. The summed E-state index contributed by atoms with van der Waals surface area (Å²) < 4.78 is 0. The minimum absolute atomic E-state index is 0. The number of amides is 1. The van der Waals surface area contributed by atoms with E-state index in [1.165, 1.54) is 10.4 Å². The van der Waals surface area contributed by atoms with Gasteiger partial charge in [-0.15, -0.1) is 35.3 Å². The van der Waals surface area contributed by atoms with E-state index in [4.69, 9.17) is 0 Å². The van der Waals surface area contributed by atoms with Crippen LogP contribution in [0.5, 0.6) is 0 Å². The molecule has 1 atom stereocenters. The maximum atomic E-state index is 12.2. The Hall–Kier alpha value is -0.870. The van der Waals surface area contributed by atoms with E-state index in [0.29, 0.717) is 6.04 Å². The van der Waals surface area contributed by atoms with E-state index in [1.54, 1.807) is 0 Å². The smallest absolute Gasteiger partial charge is 0.244 e. The highest BCUT2D eigenvalue weighted by Gasteiger charge is 2.21. The summed E-state index contributed by atoms with van der Waals surface area (Å²) in [7, 11) is 0. The number of likely N-dealkylation sites (tertiary alicyclic amines) is 1. The zero-order valence-electron chi connectivity index (χ0n) is 16.4. The van der Waals surface area contributed by atoms with E-state index in [1.807, 2.05) is 23.2 Å². The van der Waals surface area contributed by atoms with Gasteiger partial charge in [-0.05, 0) is 50.1 Å². The van der Waals surface area contributed by atoms with Gasteiger partial charge in [-0.25, -0.2) is 4.99 Å². The minimum Gasteiger partial charge on any atom is -0.357 e. The van der Waals surface area contributed by atoms with Gasteiger partial charge in [0.05, 0.1) is 0 Å². The Labute approximate surface area is 183 Å². The third kappa shape index (κ3) is 6.32. The number of hydrogen-bond acceptors (Lipinski definition) is 4. The number of fused-ring (bicyclic) bond motifs is 1. The second kappa shape index (κ2) is 11.2. The number of carbonyl (C=O) groups is 1. The molecule has 0 aromatic carbocycles. The van der Waals surface area contributed by atoms with Gasteiger partial charge in [0.25, 0.3) is 0 Å². The first kappa shape index (κ1) is 22.4. The molecule has 2 aliphatic rings. The van der Waals surface area contributed by atoms with E-state index in [2.05, 4.69) is 38.9 Å². The number of guanidine groups is 1. The first-order valence-corrected chi connectivity index (χ1v) is 10.6. The summed E-state index contributed by atoms with van der Waals surface area (Å²) in [5, 5.41) is 8.86. The summed E-state index contributed by atoms with van der Waals surface area (Å²) in [4.78, 5) is 22.6. The van der Waals surface area contributed by atoms with Crippen LogP contribution in [0.15, 0.2) is 16.4 Å². The lowest BCUT2D eigenvalue weighted by Crippen LogP contribution is -2.47. The van der Waals surface area contributed by atoms with Crippen LogP contribution in [0.4, 0.5) is 0 Å². The van der Waals surface area contributed by atoms with Gasteiger partial charge in [0, 0.05) is 50.2 Å². The van der Waals surface area contributed by atoms with Gasteiger partial charge in [-0.3, -0.25) is 9.69 Å². The summed E-state index contributed by atoms with van der Waals surface area (Å²) in [6, 6.07) is 2.67. The summed E-state index contributed by atoms with van der Waals surface area (Å²) >= 11 is 1.88. The Balaban J connectivity index is 0.00000261. The zero-order chi connectivity index (χ0) is 18.4. The van der Waals surface area contributed by atoms with Crippen LogP contribution in [0.3, 0.4) is 0 Å². The predicted octanol–water partition coefficient (Wildman–Crippen LogP) is 2.29. The molecule has 1 amide bonds. The van der Waals surface area contributed by atoms with Crippen LogP contribution >= 0.6 is 35.3 Å². The van der Waals surface area contributed by atoms with Crippen LogP contribution in [0.2, 0.25) is 0 Å². The van der Waals surface area contributed by atoms with E-state index >= 15 is 0 Å². The molecule has 0 bridgehead atoms. The zero-order valence-corrected chi connectivity index (χ0v) is 19.5. The molecule has 1 fully saturated rings. The van der Waals surface area contributed by atoms with E-state index < -0.39 is 0 Å². The average Bonchev–Trinajstić information content (AvgIpc) is 3.34. The largest absolute Gasteiger partial charge is 0.357 e. The summed E-state index contributed by atoms with van der Waals surface area (Å²) in [5.41, 5.74) is 1.48. The van der Waals surface area contributed by atoms with Gasteiger partial charge >= 0.3 is 0 Å². The highest BCUT2D eigenvalue weighted by atomic mass is 127. The standard InChI is InChI=1S/C19H31N5OS.HI/c1-3-20-19(22-13-18(25)23-8-4-5-9-23)21-12-15(2)24-10-6-17-16(14-24)7-11-26-17;/h7,11,15H,3-6,8-10,12-14H2,1-2H3,(H2,20,21,22);1H. The SMILES string of the molecule is CCNC(=NCC(=O)N1CCCC1)NCC(C)N1CCc2sccc2C1.I. The molecule has 2 aliphatic heterocycles. The molecule has 8 heteroatoms. The molecular formula is C19H32IN5OS. The topological polar surface area (TPSA) is 60.0 Å². The number of nitrogens with one attached hydrogen (secondary N) is 2. The molecule has 6 nitrogen and oxygen atoms in total. The molecular weight excluding hydrogens is 473 g/mol. The summed E-state index contributed by atoms with van der Waals surface area (Å²) in [6.45, 7) is 10.0. The molecule has 2 N–H and O–H groups in total. The molecule has 1 aromatic rings. The Morgan fingerprint density at radius 1 is 1.30 bits per heavy atom. The third-order valence-electron chi connectivity index (χ3n) is 5.20. The van der Waals surface area contributed by atoms with Crippen molar-refractivity contribution in [2.45, 2.75) is 45.7 Å². The number of thiophene rings is 1. The van der Waals surface area contributed by atoms with Crippen molar-refractivity contribution in [3.63, 3.8) is 0 Å². The molecule has 1 aromatic heterocycles. The van der Waals surface area contributed by atoms with Gasteiger partial charge < -0.3 is 15.5 Å². The lowest BCUT2D eigenvalue weighted by atomic mass is 10.1. The average molecular weight is 505 g/mol.